The number of piperidine rings is 1. The average molecular weight is 482 g/mol. The van der Waals surface area contributed by atoms with Gasteiger partial charge in [-0.1, -0.05) is 30.3 Å². The highest BCUT2D eigenvalue weighted by Crippen LogP contribution is 2.31. The number of fused-ring (bicyclic) bond motifs is 2. The summed E-state index contributed by atoms with van der Waals surface area (Å²) in [7, 11) is 0. The van der Waals surface area contributed by atoms with E-state index >= 15 is 0 Å². The third kappa shape index (κ3) is 3.95. The number of hydrogen-bond donors (Lipinski definition) is 1. The Labute approximate surface area is 208 Å². The van der Waals surface area contributed by atoms with Gasteiger partial charge in [0.2, 0.25) is 0 Å². The van der Waals surface area contributed by atoms with Gasteiger partial charge < -0.3 is 19.6 Å². The van der Waals surface area contributed by atoms with Gasteiger partial charge in [0.05, 0.1) is 5.69 Å². The van der Waals surface area contributed by atoms with Gasteiger partial charge in [-0.25, -0.2) is 9.37 Å². The largest absolute Gasteiger partial charge is 0.337 e. The Morgan fingerprint density at radius 2 is 1.92 bits per heavy atom. The molecular weight excluding hydrogens is 453 g/mol. The lowest BCUT2D eigenvalue weighted by molar-refractivity contribution is 0.0709. The van der Waals surface area contributed by atoms with Crippen LogP contribution in [-0.4, -0.2) is 43.9 Å². The molecule has 0 saturated carbocycles. The maximum Gasteiger partial charge on any atom is 0.254 e. The molecule has 6 nitrogen and oxygen atoms in total. The van der Waals surface area contributed by atoms with Crippen molar-refractivity contribution in [1.29, 1.82) is 0 Å². The van der Waals surface area contributed by atoms with Crippen LogP contribution in [0.1, 0.15) is 34.5 Å². The summed E-state index contributed by atoms with van der Waals surface area (Å²) >= 11 is 0. The van der Waals surface area contributed by atoms with Crippen molar-refractivity contribution in [3.05, 3.63) is 95.6 Å². The summed E-state index contributed by atoms with van der Waals surface area (Å²) in [6, 6.07) is 20.7. The van der Waals surface area contributed by atoms with Crippen LogP contribution < -0.4 is 5.73 Å². The van der Waals surface area contributed by atoms with E-state index in [1.165, 1.54) is 12.1 Å². The number of imidazole rings is 1. The van der Waals surface area contributed by atoms with E-state index in [-0.39, 0.29) is 17.8 Å². The molecule has 0 aliphatic carbocycles. The van der Waals surface area contributed by atoms with Gasteiger partial charge in [-0.05, 0) is 61.7 Å². The Balaban J connectivity index is 1.42. The molecule has 1 fully saturated rings. The first kappa shape index (κ1) is 22.5. The van der Waals surface area contributed by atoms with Crippen molar-refractivity contribution in [3.8, 4) is 11.4 Å². The van der Waals surface area contributed by atoms with Gasteiger partial charge in [-0.3, -0.25) is 4.79 Å². The second-order valence-corrected chi connectivity index (χ2v) is 9.64. The molecule has 1 atom stereocenters. The van der Waals surface area contributed by atoms with E-state index in [2.05, 4.69) is 22.8 Å². The number of aryl methyl sites for hydroxylation is 1. The molecule has 0 bridgehead atoms. The third-order valence-electron chi connectivity index (χ3n) is 7.16. The first-order valence-corrected chi connectivity index (χ1v) is 12.3. The minimum Gasteiger partial charge on any atom is -0.337 e. The predicted molar refractivity (Wildman–Crippen MR) is 139 cm³/mol. The van der Waals surface area contributed by atoms with E-state index in [4.69, 9.17) is 10.7 Å². The Hall–Kier alpha value is -3.97. The summed E-state index contributed by atoms with van der Waals surface area (Å²) in [4.78, 5) is 20.0. The summed E-state index contributed by atoms with van der Waals surface area (Å²) in [5.41, 5.74) is 12.4. The van der Waals surface area contributed by atoms with E-state index in [0.29, 0.717) is 18.7 Å². The van der Waals surface area contributed by atoms with Gasteiger partial charge >= 0.3 is 0 Å². The van der Waals surface area contributed by atoms with Gasteiger partial charge in [0.1, 0.15) is 17.2 Å². The van der Waals surface area contributed by atoms with Gasteiger partial charge in [0, 0.05) is 54.0 Å². The lowest BCUT2D eigenvalue weighted by Gasteiger charge is -2.30. The standard InChI is InChI=1S/C29H28FN5O/c1-19-28(32-27-16-22(12-14-34(19)27)29(36)33-13-4-6-24(31)18-33)26-15-21-5-2-3-7-25(21)35(26)17-20-8-10-23(30)11-9-20/h2-3,5,7-12,14-16,24H,4,6,13,17-18,31H2,1H3. The van der Waals surface area contributed by atoms with Gasteiger partial charge in [0.15, 0.2) is 0 Å². The van der Waals surface area contributed by atoms with Crippen LogP contribution in [0, 0.1) is 12.7 Å². The highest BCUT2D eigenvalue weighted by Gasteiger charge is 2.24. The number of aromatic nitrogens is 3. The molecule has 0 radical (unpaired) electrons. The number of carbonyl (C=O) groups excluding carboxylic acids is 1. The normalized spacial score (nSPS) is 16.2. The summed E-state index contributed by atoms with van der Waals surface area (Å²) < 4.78 is 17.8. The Morgan fingerprint density at radius 1 is 1.11 bits per heavy atom. The van der Waals surface area contributed by atoms with Gasteiger partial charge in [-0.15, -0.1) is 0 Å². The summed E-state index contributed by atoms with van der Waals surface area (Å²) in [6.45, 7) is 3.96. The second kappa shape index (κ2) is 8.91. The number of rotatable bonds is 4. The molecule has 6 rings (SSSR count). The number of benzene rings is 2. The summed E-state index contributed by atoms with van der Waals surface area (Å²) in [6.07, 6.45) is 3.81. The van der Waals surface area contributed by atoms with E-state index in [9.17, 15) is 9.18 Å². The SMILES string of the molecule is Cc1c(-c2cc3ccccc3n2Cc2ccc(F)cc2)nc2cc(C(=O)N3CCCC(N)C3)ccn12. The van der Waals surface area contributed by atoms with Crippen molar-refractivity contribution in [3.63, 3.8) is 0 Å². The highest BCUT2D eigenvalue weighted by atomic mass is 19.1. The van der Waals surface area contributed by atoms with Crippen molar-refractivity contribution in [2.24, 2.45) is 5.73 Å². The van der Waals surface area contributed by atoms with Crippen molar-refractivity contribution in [2.75, 3.05) is 13.1 Å². The van der Waals surface area contributed by atoms with E-state index in [1.54, 1.807) is 0 Å². The molecule has 1 amide bonds. The summed E-state index contributed by atoms with van der Waals surface area (Å²) in [5, 5.41) is 1.11. The van der Waals surface area contributed by atoms with Crippen LogP contribution in [0.4, 0.5) is 4.39 Å². The molecule has 2 aromatic carbocycles. The quantitative estimate of drug-likeness (QED) is 0.392. The fourth-order valence-corrected chi connectivity index (χ4v) is 5.27. The number of nitrogens with zero attached hydrogens (tertiary/aromatic N) is 4. The number of pyridine rings is 1. The first-order valence-electron chi connectivity index (χ1n) is 12.3. The molecular formula is C29H28FN5O. The maximum atomic E-state index is 13.5. The van der Waals surface area contributed by atoms with Crippen LogP contribution in [-0.2, 0) is 6.54 Å². The molecule has 1 saturated heterocycles. The van der Waals surface area contributed by atoms with Crippen molar-refractivity contribution in [2.45, 2.75) is 32.4 Å². The minimum atomic E-state index is -0.246. The van der Waals surface area contributed by atoms with Crippen molar-refractivity contribution in [1.82, 2.24) is 18.9 Å². The van der Waals surface area contributed by atoms with Gasteiger partial charge in [0.25, 0.3) is 5.91 Å². The topological polar surface area (TPSA) is 68.6 Å². The molecule has 7 heteroatoms. The van der Waals surface area contributed by atoms with Crippen LogP contribution in [0.2, 0.25) is 0 Å². The van der Waals surface area contributed by atoms with Crippen LogP contribution in [0.3, 0.4) is 0 Å². The molecule has 3 aromatic heterocycles. The molecule has 1 aliphatic rings. The van der Waals surface area contributed by atoms with Crippen LogP contribution in [0.15, 0.2) is 72.9 Å². The Bertz CT molecular complexity index is 1580. The Morgan fingerprint density at radius 3 is 2.72 bits per heavy atom. The zero-order chi connectivity index (χ0) is 24.8. The monoisotopic (exact) mass is 481 g/mol. The number of para-hydroxylation sites is 1. The fraction of sp³-hybridized carbons (Fsp3) is 0.241. The average Bonchev–Trinajstić information content (AvgIpc) is 3.42. The minimum absolute atomic E-state index is 0.000256. The number of amides is 1. The van der Waals surface area contributed by atoms with Crippen LogP contribution in [0.5, 0.6) is 0 Å². The molecule has 4 heterocycles. The molecule has 36 heavy (non-hydrogen) atoms. The molecule has 1 unspecified atom stereocenters. The first-order chi connectivity index (χ1) is 17.5. The number of hydrogen-bond acceptors (Lipinski definition) is 3. The number of nitrogens with two attached hydrogens (primary N) is 1. The van der Waals surface area contributed by atoms with Crippen LogP contribution in [0.25, 0.3) is 27.9 Å². The second-order valence-electron chi connectivity index (χ2n) is 9.64. The number of halogens is 1. The fourth-order valence-electron chi connectivity index (χ4n) is 5.27. The Kier molecular flexibility index (Phi) is 5.57. The zero-order valence-corrected chi connectivity index (χ0v) is 20.2. The predicted octanol–water partition coefficient (Wildman–Crippen LogP) is 5.02. The molecule has 5 aromatic rings. The smallest absolute Gasteiger partial charge is 0.254 e. The maximum absolute atomic E-state index is 13.5. The third-order valence-corrected chi connectivity index (χ3v) is 7.16. The van der Waals surface area contributed by atoms with E-state index in [1.807, 2.05) is 58.8 Å². The molecule has 0 spiro atoms. The lowest BCUT2D eigenvalue weighted by atomic mass is 10.1. The van der Waals surface area contributed by atoms with Gasteiger partial charge in [-0.2, -0.15) is 0 Å². The van der Waals surface area contributed by atoms with Crippen molar-refractivity contribution >= 4 is 22.5 Å². The zero-order valence-electron chi connectivity index (χ0n) is 20.2. The van der Waals surface area contributed by atoms with Crippen molar-refractivity contribution < 1.29 is 9.18 Å². The number of likely N-dealkylation sites (tertiary alicyclic amines) is 1. The highest BCUT2D eigenvalue weighted by molar-refractivity contribution is 5.95. The summed E-state index contributed by atoms with van der Waals surface area (Å²) in [5.74, 6) is -0.246. The molecule has 1 aliphatic heterocycles. The van der Waals surface area contributed by atoms with Crippen LogP contribution >= 0.6 is 0 Å². The lowest BCUT2D eigenvalue weighted by Crippen LogP contribution is -2.45. The number of carbonyl (C=O) groups is 1. The molecule has 2 N–H and O–H groups in total. The van der Waals surface area contributed by atoms with E-state index < -0.39 is 0 Å². The van der Waals surface area contributed by atoms with E-state index in [0.717, 1.165) is 58.6 Å². The molecule has 182 valence electrons.